The van der Waals surface area contributed by atoms with Gasteiger partial charge in [-0.2, -0.15) is 0 Å². The largest absolute Gasteiger partial charge is 0.494 e. The van der Waals surface area contributed by atoms with Gasteiger partial charge in [0, 0.05) is 12.6 Å². The van der Waals surface area contributed by atoms with Gasteiger partial charge in [-0.05, 0) is 57.5 Å². The number of hydrogen-bond donors (Lipinski definition) is 0. The van der Waals surface area contributed by atoms with E-state index < -0.39 is 36.7 Å². The van der Waals surface area contributed by atoms with E-state index >= 15 is 0 Å². The molecule has 0 bridgehead atoms. The van der Waals surface area contributed by atoms with Gasteiger partial charge in [0.2, 0.25) is 0 Å². The van der Waals surface area contributed by atoms with Gasteiger partial charge in [0.15, 0.2) is 19.7 Å². The third kappa shape index (κ3) is 4.97. The highest BCUT2D eigenvalue weighted by molar-refractivity contribution is 7.96. The molecular weight excluding hydrogens is 430 g/mol. The maximum absolute atomic E-state index is 13.3. The number of piperidine rings is 1. The van der Waals surface area contributed by atoms with Crippen molar-refractivity contribution in [3.63, 3.8) is 0 Å². The van der Waals surface area contributed by atoms with Crippen molar-refractivity contribution in [2.24, 2.45) is 5.92 Å². The van der Waals surface area contributed by atoms with E-state index in [2.05, 4.69) is 0 Å². The van der Waals surface area contributed by atoms with Crippen LogP contribution < -0.4 is 4.74 Å². The number of benzene rings is 1. The lowest BCUT2D eigenvalue weighted by Crippen LogP contribution is -2.51. The van der Waals surface area contributed by atoms with Crippen LogP contribution in [0.15, 0.2) is 29.2 Å². The second-order valence-electron chi connectivity index (χ2n) is 7.72. The molecule has 10 heteroatoms. The summed E-state index contributed by atoms with van der Waals surface area (Å²) in [5.74, 6) is -0.748. The zero-order valence-electron chi connectivity index (χ0n) is 17.3. The molecule has 0 aromatic heterocycles. The predicted octanol–water partition coefficient (Wildman–Crippen LogP) is 1.30. The van der Waals surface area contributed by atoms with Gasteiger partial charge < -0.3 is 9.47 Å². The highest BCUT2D eigenvalue weighted by Gasteiger charge is 2.49. The van der Waals surface area contributed by atoms with Crippen LogP contribution in [0.2, 0.25) is 0 Å². The number of rotatable bonds is 7. The van der Waals surface area contributed by atoms with Gasteiger partial charge >= 0.3 is 5.97 Å². The molecule has 0 aliphatic carbocycles. The number of hydrogen-bond acceptors (Lipinski definition) is 8. The van der Waals surface area contributed by atoms with E-state index in [9.17, 15) is 21.6 Å². The molecule has 168 valence electrons. The fraction of sp³-hybridized carbons (Fsp3) is 0.650. The smallest absolute Gasteiger partial charge is 0.310 e. The molecule has 1 aromatic carbocycles. The molecule has 0 N–H and O–H groups in total. The van der Waals surface area contributed by atoms with E-state index in [4.69, 9.17) is 9.47 Å². The molecule has 8 nitrogen and oxygen atoms in total. The maximum atomic E-state index is 13.3. The predicted molar refractivity (Wildman–Crippen MR) is 112 cm³/mol. The fourth-order valence-electron chi connectivity index (χ4n) is 4.26. The van der Waals surface area contributed by atoms with Crippen LogP contribution in [0, 0.1) is 5.92 Å². The van der Waals surface area contributed by atoms with Crippen LogP contribution in [0.25, 0.3) is 0 Å². The number of sulfone groups is 2. The fourth-order valence-corrected chi connectivity index (χ4v) is 9.09. The van der Waals surface area contributed by atoms with Crippen LogP contribution in [0.3, 0.4) is 0 Å². The third-order valence-corrected chi connectivity index (χ3v) is 9.81. The number of likely N-dealkylation sites (tertiary alicyclic amines) is 1. The lowest BCUT2D eigenvalue weighted by Gasteiger charge is -2.37. The Kier molecular flexibility index (Phi) is 7.09. The Bertz CT molecular complexity index is 957. The van der Waals surface area contributed by atoms with Crippen molar-refractivity contribution in [3.8, 4) is 5.75 Å². The molecular formula is C20H29NO7S2. The Hall–Kier alpha value is -1.65. The Morgan fingerprint density at radius 1 is 1.13 bits per heavy atom. The second kappa shape index (κ2) is 9.23. The summed E-state index contributed by atoms with van der Waals surface area (Å²) in [5.41, 5.74) is 0. The molecule has 30 heavy (non-hydrogen) atoms. The Balaban J connectivity index is 1.86. The lowest BCUT2D eigenvalue weighted by molar-refractivity contribution is -0.150. The van der Waals surface area contributed by atoms with E-state index in [0.717, 1.165) is 0 Å². The molecule has 1 aromatic rings. The van der Waals surface area contributed by atoms with Gasteiger partial charge in [-0.1, -0.05) is 0 Å². The SMILES string of the molecule is CCOC(=O)C1CCCN([C@H]2CS(=O)(=O)C[C@@H]2S(=O)(=O)c2ccc(OCC)cc2)C1. The van der Waals surface area contributed by atoms with Gasteiger partial charge in [-0.15, -0.1) is 0 Å². The first-order valence-corrected chi connectivity index (χ1v) is 13.6. The summed E-state index contributed by atoms with van der Waals surface area (Å²) >= 11 is 0. The molecule has 0 saturated carbocycles. The number of carbonyl (C=O) groups excluding carboxylic acids is 1. The molecule has 0 radical (unpaired) electrons. The van der Waals surface area contributed by atoms with Crippen molar-refractivity contribution < 1.29 is 31.1 Å². The molecule has 1 unspecified atom stereocenters. The van der Waals surface area contributed by atoms with Gasteiger partial charge in [-0.25, -0.2) is 16.8 Å². The lowest BCUT2D eigenvalue weighted by atomic mass is 9.96. The Morgan fingerprint density at radius 2 is 1.83 bits per heavy atom. The summed E-state index contributed by atoms with van der Waals surface area (Å²) in [6.45, 7) is 5.19. The van der Waals surface area contributed by atoms with E-state index in [1.54, 1.807) is 19.1 Å². The van der Waals surface area contributed by atoms with Crippen LogP contribution in [-0.2, 0) is 29.2 Å². The van der Waals surface area contributed by atoms with E-state index in [1.165, 1.54) is 12.1 Å². The minimum atomic E-state index is -3.88. The van der Waals surface area contributed by atoms with Crippen LogP contribution >= 0.6 is 0 Å². The minimum Gasteiger partial charge on any atom is -0.494 e. The number of esters is 1. The topological polar surface area (TPSA) is 107 Å². The summed E-state index contributed by atoms with van der Waals surface area (Å²) in [5, 5.41) is -1.07. The Labute approximate surface area is 178 Å². The summed E-state index contributed by atoms with van der Waals surface area (Å²) in [6, 6.07) is 5.39. The van der Waals surface area contributed by atoms with Crippen molar-refractivity contribution in [1.29, 1.82) is 0 Å². The first-order valence-electron chi connectivity index (χ1n) is 10.3. The number of ether oxygens (including phenoxy) is 2. The van der Waals surface area contributed by atoms with Crippen LogP contribution in [0.1, 0.15) is 26.7 Å². The zero-order valence-corrected chi connectivity index (χ0v) is 19.0. The summed E-state index contributed by atoms with van der Waals surface area (Å²) in [4.78, 5) is 14.1. The zero-order chi connectivity index (χ0) is 21.9. The van der Waals surface area contributed by atoms with Gasteiger partial charge in [-0.3, -0.25) is 9.69 Å². The van der Waals surface area contributed by atoms with E-state index in [1.807, 2.05) is 11.8 Å². The molecule has 2 heterocycles. The van der Waals surface area contributed by atoms with Crippen molar-refractivity contribution in [2.75, 3.05) is 37.8 Å². The highest BCUT2D eigenvalue weighted by Crippen LogP contribution is 2.32. The molecule has 0 amide bonds. The quantitative estimate of drug-likeness (QED) is 0.562. The summed E-state index contributed by atoms with van der Waals surface area (Å²) in [7, 11) is -7.39. The van der Waals surface area contributed by atoms with Crippen molar-refractivity contribution in [3.05, 3.63) is 24.3 Å². The van der Waals surface area contributed by atoms with Gasteiger partial charge in [0.1, 0.15) is 5.75 Å². The van der Waals surface area contributed by atoms with Crippen LogP contribution in [-0.4, -0.2) is 76.8 Å². The Morgan fingerprint density at radius 3 is 2.47 bits per heavy atom. The monoisotopic (exact) mass is 459 g/mol. The second-order valence-corrected chi connectivity index (χ2v) is 12.0. The summed E-state index contributed by atoms with van der Waals surface area (Å²) < 4.78 is 62.0. The number of carbonyl (C=O) groups is 1. The third-order valence-electron chi connectivity index (χ3n) is 5.68. The molecule has 3 atom stereocenters. The first-order chi connectivity index (χ1) is 14.2. The molecule has 2 aliphatic heterocycles. The van der Waals surface area contributed by atoms with Gasteiger partial charge in [0.25, 0.3) is 0 Å². The highest BCUT2D eigenvalue weighted by atomic mass is 32.2. The molecule has 0 spiro atoms. The van der Waals surface area contributed by atoms with Crippen LogP contribution in [0.5, 0.6) is 5.75 Å². The van der Waals surface area contributed by atoms with E-state index in [-0.39, 0.29) is 29.1 Å². The van der Waals surface area contributed by atoms with Crippen molar-refractivity contribution >= 4 is 25.6 Å². The van der Waals surface area contributed by atoms with Crippen LogP contribution in [0.4, 0.5) is 0 Å². The molecule has 2 saturated heterocycles. The molecule has 3 rings (SSSR count). The molecule has 2 fully saturated rings. The van der Waals surface area contributed by atoms with Crippen molar-refractivity contribution in [1.82, 2.24) is 4.90 Å². The number of nitrogens with zero attached hydrogens (tertiary/aromatic N) is 1. The normalized spacial score (nSPS) is 26.9. The average molecular weight is 460 g/mol. The van der Waals surface area contributed by atoms with Gasteiger partial charge in [0.05, 0.1) is 40.8 Å². The van der Waals surface area contributed by atoms with Crippen molar-refractivity contribution in [2.45, 2.75) is 42.9 Å². The maximum Gasteiger partial charge on any atom is 0.310 e. The van der Waals surface area contributed by atoms with E-state index in [0.29, 0.717) is 38.3 Å². The minimum absolute atomic E-state index is 0.0806. The average Bonchev–Trinajstić information content (AvgIpc) is 3.05. The molecule has 2 aliphatic rings. The first kappa shape index (κ1) is 23.0. The summed E-state index contributed by atoms with van der Waals surface area (Å²) in [6.07, 6.45) is 1.35. The standard InChI is InChI=1S/C20H29NO7S2/c1-3-27-16-7-9-17(10-8-16)30(25,26)19-14-29(23,24)13-18(19)21-11-5-6-15(12-21)20(22)28-4-2/h7-10,15,18-19H,3-6,11-14H2,1-2H3/t15?,18-,19-/m0/s1.